The summed E-state index contributed by atoms with van der Waals surface area (Å²) >= 11 is 0. The van der Waals surface area contributed by atoms with Gasteiger partial charge in [0.25, 0.3) is 5.91 Å². The molecule has 0 aromatic heterocycles. The number of amides is 1. The van der Waals surface area contributed by atoms with Crippen LogP contribution in [0.4, 0.5) is 5.69 Å². The SMILES string of the molecule is CCCNC(=O)c1cccc(NC(C)C)c1. The number of hydrogen-bond donors (Lipinski definition) is 2. The molecule has 0 saturated carbocycles. The Hall–Kier alpha value is -1.51. The summed E-state index contributed by atoms with van der Waals surface area (Å²) in [6, 6.07) is 7.94. The van der Waals surface area contributed by atoms with Crippen LogP contribution in [0.2, 0.25) is 0 Å². The van der Waals surface area contributed by atoms with Gasteiger partial charge in [0, 0.05) is 23.8 Å². The monoisotopic (exact) mass is 220 g/mol. The Morgan fingerprint density at radius 2 is 2.12 bits per heavy atom. The van der Waals surface area contributed by atoms with Gasteiger partial charge in [-0.2, -0.15) is 0 Å². The molecule has 0 fully saturated rings. The Bertz CT molecular complexity index is 348. The van der Waals surface area contributed by atoms with E-state index in [4.69, 9.17) is 0 Å². The predicted octanol–water partition coefficient (Wildman–Crippen LogP) is 2.65. The third kappa shape index (κ3) is 3.93. The predicted molar refractivity (Wildman–Crippen MR) is 67.8 cm³/mol. The van der Waals surface area contributed by atoms with Crippen LogP contribution >= 0.6 is 0 Å². The van der Waals surface area contributed by atoms with Crippen molar-refractivity contribution in [3.63, 3.8) is 0 Å². The summed E-state index contributed by atoms with van der Waals surface area (Å²) in [4.78, 5) is 11.7. The summed E-state index contributed by atoms with van der Waals surface area (Å²) in [6.07, 6.45) is 0.954. The Kier molecular flexibility index (Phi) is 4.83. The van der Waals surface area contributed by atoms with Crippen molar-refractivity contribution in [1.82, 2.24) is 5.32 Å². The normalized spacial score (nSPS) is 10.2. The molecule has 1 aromatic carbocycles. The van der Waals surface area contributed by atoms with E-state index >= 15 is 0 Å². The number of hydrogen-bond acceptors (Lipinski definition) is 2. The van der Waals surface area contributed by atoms with E-state index < -0.39 is 0 Å². The van der Waals surface area contributed by atoms with Crippen molar-refractivity contribution < 1.29 is 4.79 Å². The second-order valence-electron chi connectivity index (χ2n) is 4.14. The van der Waals surface area contributed by atoms with E-state index in [1.165, 1.54) is 0 Å². The number of anilines is 1. The average Bonchev–Trinajstić information content (AvgIpc) is 2.25. The molecule has 1 amide bonds. The molecule has 0 aliphatic carbocycles. The molecule has 0 bridgehead atoms. The first kappa shape index (κ1) is 12.6. The van der Waals surface area contributed by atoms with Crippen molar-refractivity contribution in [2.75, 3.05) is 11.9 Å². The molecule has 0 saturated heterocycles. The number of nitrogens with one attached hydrogen (secondary N) is 2. The van der Waals surface area contributed by atoms with E-state index in [0.29, 0.717) is 11.6 Å². The molecule has 0 atom stereocenters. The van der Waals surface area contributed by atoms with Crippen molar-refractivity contribution in [1.29, 1.82) is 0 Å². The van der Waals surface area contributed by atoms with Crippen LogP contribution in [0.15, 0.2) is 24.3 Å². The maximum atomic E-state index is 11.7. The minimum atomic E-state index is -0.00532. The third-order valence-corrected chi connectivity index (χ3v) is 2.12. The Labute approximate surface area is 97.2 Å². The highest BCUT2D eigenvalue weighted by Gasteiger charge is 2.05. The van der Waals surface area contributed by atoms with Crippen LogP contribution in [0.3, 0.4) is 0 Å². The van der Waals surface area contributed by atoms with Crippen molar-refractivity contribution >= 4 is 11.6 Å². The van der Waals surface area contributed by atoms with Gasteiger partial charge in [-0.3, -0.25) is 4.79 Å². The minimum Gasteiger partial charge on any atom is -0.383 e. The van der Waals surface area contributed by atoms with Crippen molar-refractivity contribution in [3.8, 4) is 0 Å². The first-order valence-electron chi connectivity index (χ1n) is 5.78. The van der Waals surface area contributed by atoms with Crippen LogP contribution in [-0.4, -0.2) is 18.5 Å². The lowest BCUT2D eigenvalue weighted by Crippen LogP contribution is -2.24. The molecule has 1 rings (SSSR count). The lowest BCUT2D eigenvalue weighted by Gasteiger charge is -2.11. The highest BCUT2D eigenvalue weighted by molar-refractivity contribution is 5.95. The van der Waals surface area contributed by atoms with Gasteiger partial charge in [-0.1, -0.05) is 13.0 Å². The number of carbonyl (C=O) groups excluding carboxylic acids is 1. The summed E-state index contributed by atoms with van der Waals surface area (Å²) in [5.74, 6) is -0.00532. The molecule has 3 heteroatoms. The Balaban J connectivity index is 2.69. The van der Waals surface area contributed by atoms with Crippen LogP contribution < -0.4 is 10.6 Å². The average molecular weight is 220 g/mol. The summed E-state index contributed by atoms with van der Waals surface area (Å²) in [7, 11) is 0. The maximum Gasteiger partial charge on any atom is 0.251 e. The second-order valence-corrected chi connectivity index (χ2v) is 4.14. The van der Waals surface area contributed by atoms with E-state index in [9.17, 15) is 4.79 Å². The van der Waals surface area contributed by atoms with Gasteiger partial charge in [0.05, 0.1) is 0 Å². The molecule has 0 unspecified atom stereocenters. The van der Waals surface area contributed by atoms with Crippen molar-refractivity contribution in [3.05, 3.63) is 29.8 Å². The van der Waals surface area contributed by atoms with Crippen LogP contribution in [0.5, 0.6) is 0 Å². The molecule has 0 spiro atoms. The van der Waals surface area contributed by atoms with Gasteiger partial charge in [0.15, 0.2) is 0 Å². The number of rotatable bonds is 5. The molecule has 2 N–H and O–H groups in total. The fourth-order valence-corrected chi connectivity index (χ4v) is 1.42. The molecular formula is C13H20N2O. The fraction of sp³-hybridized carbons (Fsp3) is 0.462. The summed E-state index contributed by atoms with van der Waals surface area (Å²) in [5.41, 5.74) is 1.69. The largest absolute Gasteiger partial charge is 0.383 e. The smallest absolute Gasteiger partial charge is 0.251 e. The van der Waals surface area contributed by atoms with Gasteiger partial charge in [-0.05, 0) is 38.5 Å². The molecule has 16 heavy (non-hydrogen) atoms. The van der Waals surface area contributed by atoms with Gasteiger partial charge in [0.1, 0.15) is 0 Å². The molecular weight excluding hydrogens is 200 g/mol. The number of carbonyl (C=O) groups is 1. The lowest BCUT2D eigenvalue weighted by molar-refractivity contribution is 0.0953. The first-order valence-corrected chi connectivity index (χ1v) is 5.78. The van der Waals surface area contributed by atoms with E-state index in [1.807, 2.05) is 31.2 Å². The molecule has 88 valence electrons. The highest BCUT2D eigenvalue weighted by atomic mass is 16.1. The maximum absolute atomic E-state index is 11.7. The van der Waals surface area contributed by atoms with Crippen LogP contribution in [0, 0.1) is 0 Å². The minimum absolute atomic E-state index is 0.00532. The fourth-order valence-electron chi connectivity index (χ4n) is 1.42. The zero-order valence-electron chi connectivity index (χ0n) is 10.2. The first-order chi connectivity index (χ1) is 7.63. The van der Waals surface area contributed by atoms with Gasteiger partial charge < -0.3 is 10.6 Å². The van der Waals surface area contributed by atoms with Crippen LogP contribution in [0.25, 0.3) is 0 Å². The van der Waals surface area contributed by atoms with Gasteiger partial charge >= 0.3 is 0 Å². The van der Waals surface area contributed by atoms with Gasteiger partial charge in [-0.15, -0.1) is 0 Å². The van der Waals surface area contributed by atoms with Crippen LogP contribution in [0.1, 0.15) is 37.6 Å². The second kappa shape index (κ2) is 6.16. The molecule has 0 aliphatic rings. The van der Waals surface area contributed by atoms with Crippen molar-refractivity contribution in [2.45, 2.75) is 33.2 Å². The number of benzene rings is 1. The Morgan fingerprint density at radius 1 is 1.38 bits per heavy atom. The Morgan fingerprint density at radius 3 is 2.75 bits per heavy atom. The van der Waals surface area contributed by atoms with Crippen LogP contribution in [-0.2, 0) is 0 Å². The zero-order chi connectivity index (χ0) is 12.0. The lowest BCUT2D eigenvalue weighted by atomic mass is 10.1. The molecule has 0 heterocycles. The van der Waals surface area contributed by atoms with E-state index in [1.54, 1.807) is 0 Å². The van der Waals surface area contributed by atoms with E-state index in [-0.39, 0.29) is 5.91 Å². The van der Waals surface area contributed by atoms with E-state index in [0.717, 1.165) is 18.7 Å². The van der Waals surface area contributed by atoms with Gasteiger partial charge in [-0.25, -0.2) is 0 Å². The van der Waals surface area contributed by atoms with E-state index in [2.05, 4.69) is 24.5 Å². The van der Waals surface area contributed by atoms with Crippen molar-refractivity contribution in [2.24, 2.45) is 0 Å². The summed E-state index contributed by atoms with van der Waals surface area (Å²) in [5, 5.41) is 6.14. The molecule has 0 radical (unpaired) electrons. The quantitative estimate of drug-likeness (QED) is 0.801. The van der Waals surface area contributed by atoms with Gasteiger partial charge in [0.2, 0.25) is 0 Å². The third-order valence-electron chi connectivity index (χ3n) is 2.12. The summed E-state index contributed by atoms with van der Waals surface area (Å²) < 4.78 is 0. The zero-order valence-corrected chi connectivity index (χ0v) is 10.2. The standard InChI is InChI=1S/C13H20N2O/c1-4-8-14-13(16)11-6-5-7-12(9-11)15-10(2)3/h5-7,9-10,15H,4,8H2,1-3H3,(H,14,16). The highest BCUT2D eigenvalue weighted by Crippen LogP contribution is 2.11. The molecule has 1 aromatic rings. The molecule has 3 nitrogen and oxygen atoms in total. The summed E-state index contributed by atoms with van der Waals surface area (Å²) in [6.45, 7) is 6.91. The topological polar surface area (TPSA) is 41.1 Å². The molecule has 0 aliphatic heterocycles.